The number of nitrogens with zero attached hydrogens (tertiary/aromatic N) is 1. The second kappa shape index (κ2) is 6.62. The minimum atomic E-state index is -0.777. The number of aliphatic hydroxyl groups is 1. The summed E-state index contributed by atoms with van der Waals surface area (Å²) in [5.74, 6) is -0.106. The highest BCUT2D eigenvalue weighted by Gasteiger charge is 2.50. The van der Waals surface area contributed by atoms with Crippen LogP contribution in [0.4, 0.5) is 0 Å². The van der Waals surface area contributed by atoms with E-state index in [1.807, 2.05) is 38.1 Å². The van der Waals surface area contributed by atoms with Crippen molar-refractivity contribution >= 4 is 34.6 Å². The van der Waals surface area contributed by atoms with E-state index in [4.69, 9.17) is 27.9 Å². The molecule has 27 heavy (non-hydrogen) atoms. The molecule has 1 aromatic carbocycles. The zero-order valence-electron chi connectivity index (χ0n) is 15.1. The molecule has 2 aromatic rings. The van der Waals surface area contributed by atoms with Gasteiger partial charge >= 0.3 is 0 Å². The number of ether oxygens (including phenoxy) is 1. The van der Waals surface area contributed by atoms with Gasteiger partial charge < -0.3 is 9.84 Å². The Bertz CT molecular complexity index is 985. The molecule has 3 heterocycles. The van der Waals surface area contributed by atoms with Crippen molar-refractivity contribution in [3.05, 3.63) is 57.5 Å². The molecule has 0 radical (unpaired) electrons. The molecular formula is C21H19Cl2NO3. The summed E-state index contributed by atoms with van der Waals surface area (Å²) >= 11 is 12.1. The predicted octanol–water partition coefficient (Wildman–Crippen LogP) is 5.41. The van der Waals surface area contributed by atoms with E-state index in [0.29, 0.717) is 35.1 Å². The van der Waals surface area contributed by atoms with Crippen LogP contribution in [0.15, 0.2) is 36.1 Å². The molecule has 2 unspecified atom stereocenters. The maximum Gasteiger partial charge on any atom is 0.195 e. The first-order chi connectivity index (χ1) is 12.8. The van der Waals surface area contributed by atoms with Crippen molar-refractivity contribution in [3.63, 3.8) is 0 Å². The summed E-state index contributed by atoms with van der Waals surface area (Å²) in [4.78, 5) is 17.0. The second-order valence-corrected chi connectivity index (χ2v) is 7.91. The van der Waals surface area contributed by atoms with Crippen LogP contribution in [0.1, 0.15) is 37.8 Å². The molecule has 6 heteroatoms. The first-order valence-corrected chi connectivity index (χ1v) is 9.71. The average molecular weight is 404 g/mol. The van der Waals surface area contributed by atoms with Crippen molar-refractivity contribution in [2.24, 2.45) is 0 Å². The lowest BCUT2D eigenvalue weighted by Crippen LogP contribution is -2.37. The molecule has 2 aliphatic heterocycles. The fourth-order valence-electron chi connectivity index (χ4n) is 3.92. The minimum absolute atomic E-state index is 0.0369. The van der Waals surface area contributed by atoms with Crippen LogP contribution in [0.25, 0.3) is 16.7 Å². The first kappa shape index (κ1) is 18.5. The maximum absolute atomic E-state index is 12.9. The summed E-state index contributed by atoms with van der Waals surface area (Å²) in [6, 6.07) is 9.26. The van der Waals surface area contributed by atoms with Gasteiger partial charge in [-0.05, 0) is 55.0 Å². The van der Waals surface area contributed by atoms with Crippen LogP contribution in [-0.2, 0) is 16.0 Å². The van der Waals surface area contributed by atoms with Crippen LogP contribution in [0.5, 0.6) is 0 Å². The van der Waals surface area contributed by atoms with Gasteiger partial charge in [0.05, 0.1) is 5.57 Å². The topological polar surface area (TPSA) is 59.4 Å². The SMILES string of the molecule is CCc1cc(-c2ccc(Cl)nc2Cl)ccc1C1=C(O)C2(C)CCC(O2)C1=O. The summed E-state index contributed by atoms with van der Waals surface area (Å²) in [6.07, 6.45) is 1.51. The number of carbonyl (C=O) groups is 1. The van der Waals surface area contributed by atoms with E-state index >= 15 is 0 Å². The number of ketones is 1. The number of aromatic nitrogens is 1. The molecule has 0 amide bonds. The Hall–Kier alpha value is -1.88. The third-order valence-corrected chi connectivity index (χ3v) is 5.94. The summed E-state index contributed by atoms with van der Waals surface area (Å²) in [7, 11) is 0. The molecule has 2 atom stereocenters. The van der Waals surface area contributed by atoms with Crippen molar-refractivity contribution in [1.29, 1.82) is 0 Å². The van der Waals surface area contributed by atoms with Gasteiger partial charge in [0.25, 0.3) is 0 Å². The van der Waals surface area contributed by atoms with Crippen LogP contribution in [0, 0.1) is 0 Å². The Labute approximate surface area is 167 Å². The van der Waals surface area contributed by atoms with E-state index in [2.05, 4.69) is 4.98 Å². The van der Waals surface area contributed by atoms with Gasteiger partial charge in [-0.1, -0.05) is 48.3 Å². The fourth-order valence-corrected chi connectivity index (χ4v) is 4.38. The number of pyridine rings is 1. The van der Waals surface area contributed by atoms with Crippen LogP contribution in [0.2, 0.25) is 10.3 Å². The number of hydrogen-bond donors (Lipinski definition) is 1. The van der Waals surface area contributed by atoms with E-state index in [1.54, 1.807) is 6.07 Å². The highest BCUT2D eigenvalue weighted by molar-refractivity contribution is 6.34. The van der Waals surface area contributed by atoms with Crippen LogP contribution < -0.4 is 0 Å². The van der Waals surface area contributed by atoms with Gasteiger partial charge in [-0.15, -0.1) is 0 Å². The number of fused-ring (bicyclic) bond motifs is 2. The van der Waals surface area contributed by atoms with Crippen molar-refractivity contribution in [3.8, 4) is 11.1 Å². The number of rotatable bonds is 3. The molecule has 2 bridgehead atoms. The Morgan fingerprint density at radius 2 is 2.00 bits per heavy atom. The van der Waals surface area contributed by atoms with Crippen molar-refractivity contribution in [2.45, 2.75) is 44.8 Å². The van der Waals surface area contributed by atoms with E-state index in [0.717, 1.165) is 22.3 Å². The number of Topliss-reactive ketones (excluding diaryl/α,β-unsaturated/α-hetero) is 1. The standard InChI is InChI=1S/C21H19Cl2NO3/c1-3-11-10-12(14-6-7-16(22)24-20(14)23)4-5-13(11)17-18(25)15-8-9-21(2,27-15)19(17)26/h4-7,10,15,26H,3,8-9H2,1-2H3. The number of aliphatic hydroxyl groups excluding tert-OH is 1. The van der Waals surface area contributed by atoms with E-state index < -0.39 is 11.7 Å². The highest BCUT2D eigenvalue weighted by Crippen LogP contribution is 2.45. The molecule has 0 aliphatic carbocycles. The molecule has 0 saturated carbocycles. The molecule has 4 nitrogen and oxygen atoms in total. The van der Waals surface area contributed by atoms with Crippen LogP contribution >= 0.6 is 23.2 Å². The van der Waals surface area contributed by atoms with Crippen molar-refractivity contribution < 1.29 is 14.6 Å². The largest absolute Gasteiger partial charge is 0.508 e. The van der Waals surface area contributed by atoms with Gasteiger partial charge in [-0.25, -0.2) is 4.98 Å². The minimum Gasteiger partial charge on any atom is -0.508 e. The monoisotopic (exact) mass is 403 g/mol. The van der Waals surface area contributed by atoms with Crippen LogP contribution in [-0.4, -0.2) is 27.6 Å². The lowest BCUT2D eigenvalue weighted by atomic mass is 9.87. The summed E-state index contributed by atoms with van der Waals surface area (Å²) in [5, 5.41) is 11.5. The normalized spacial score (nSPS) is 24.6. The third kappa shape index (κ3) is 2.96. The van der Waals surface area contributed by atoms with Crippen molar-refractivity contribution in [2.75, 3.05) is 0 Å². The maximum atomic E-state index is 12.9. The fraction of sp³-hybridized carbons (Fsp3) is 0.333. The van der Waals surface area contributed by atoms with Gasteiger partial charge in [-0.2, -0.15) is 0 Å². The second-order valence-electron chi connectivity index (χ2n) is 7.16. The molecule has 1 aromatic heterocycles. The van der Waals surface area contributed by atoms with E-state index in [9.17, 15) is 9.90 Å². The van der Waals surface area contributed by atoms with Crippen LogP contribution in [0.3, 0.4) is 0 Å². The number of hydrogen-bond acceptors (Lipinski definition) is 4. The number of benzene rings is 1. The number of halogens is 2. The summed E-state index contributed by atoms with van der Waals surface area (Å²) in [5.41, 5.74) is 2.97. The summed E-state index contributed by atoms with van der Waals surface area (Å²) < 4.78 is 5.76. The van der Waals surface area contributed by atoms with Gasteiger partial charge in [0.2, 0.25) is 0 Å². The smallest absolute Gasteiger partial charge is 0.195 e. The molecule has 2 aliphatic rings. The van der Waals surface area contributed by atoms with Crippen molar-refractivity contribution in [1.82, 2.24) is 4.98 Å². The third-order valence-electron chi connectivity index (χ3n) is 5.44. The van der Waals surface area contributed by atoms with Gasteiger partial charge in [0.1, 0.15) is 27.8 Å². The Balaban J connectivity index is 1.84. The van der Waals surface area contributed by atoms with E-state index in [-0.39, 0.29) is 11.5 Å². The van der Waals surface area contributed by atoms with Gasteiger partial charge in [0.15, 0.2) is 5.78 Å². The Morgan fingerprint density at radius 3 is 2.70 bits per heavy atom. The van der Waals surface area contributed by atoms with E-state index in [1.165, 1.54) is 0 Å². The average Bonchev–Trinajstić information content (AvgIpc) is 3.02. The molecule has 1 saturated heterocycles. The molecular weight excluding hydrogens is 385 g/mol. The Morgan fingerprint density at radius 1 is 1.26 bits per heavy atom. The molecule has 0 spiro atoms. The highest BCUT2D eigenvalue weighted by atomic mass is 35.5. The predicted molar refractivity (Wildman–Crippen MR) is 106 cm³/mol. The quantitative estimate of drug-likeness (QED) is 0.696. The molecule has 1 fully saturated rings. The zero-order chi connectivity index (χ0) is 19.3. The van der Waals surface area contributed by atoms with Gasteiger partial charge in [-0.3, -0.25) is 4.79 Å². The number of aryl methyl sites for hydroxylation is 1. The van der Waals surface area contributed by atoms with Gasteiger partial charge in [0, 0.05) is 5.56 Å². The molecule has 140 valence electrons. The lowest BCUT2D eigenvalue weighted by molar-refractivity contribution is -0.130. The zero-order valence-corrected chi connectivity index (χ0v) is 16.6. The molecule has 1 N–H and O–H groups in total. The number of carbonyl (C=O) groups excluding carboxylic acids is 1. The summed E-state index contributed by atoms with van der Waals surface area (Å²) in [6.45, 7) is 3.86. The lowest BCUT2D eigenvalue weighted by Gasteiger charge is -2.31. The first-order valence-electron chi connectivity index (χ1n) is 8.95. The molecule has 4 rings (SSSR count). The Kier molecular flexibility index (Phi) is 4.53.